The van der Waals surface area contributed by atoms with Crippen LogP contribution in [0.4, 0.5) is 10.7 Å². The standard InChI is InChI=1S/C13H10N2O5S/c1-20-13(17)10-4-5-21-12(10)14-7-8-6-9(15(18)19)2-3-11(8)16/h2-7,16H,1H3/b14-7+. The molecular weight excluding hydrogens is 296 g/mol. The van der Waals surface area contributed by atoms with Crippen LogP contribution in [-0.2, 0) is 4.74 Å². The highest BCUT2D eigenvalue weighted by Crippen LogP contribution is 2.28. The highest BCUT2D eigenvalue weighted by Gasteiger charge is 2.13. The average molecular weight is 306 g/mol. The molecule has 0 spiro atoms. The Hall–Kier alpha value is -2.74. The minimum atomic E-state index is -0.568. The molecule has 2 aromatic rings. The first kappa shape index (κ1) is 14.7. The summed E-state index contributed by atoms with van der Waals surface area (Å²) in [6.07, 6.45) is 1.26. The summed E-state index contributed by atoms with van der Waals surface area (Å²) < 4.78 is 4.62. The maximum atomic E-state index is 11.5. The van der Waals surface area contributed by atoms with Crippen molar-refractivity contribution in [3.63, 3.8) is 0 Å². The minimum Gasteiger partial charge on any atom is -0.507 e. The van der Waals surface area contributed by atoms with Gasteiger partial charge in [-0.2, -0.15) is 0 Å². The van der Waals surface area contributed by atoms with Gasteiger partial charge in [0.15, 0.2) is 0 Å². The first-order chi connectivity index (χ1) is 10.0. The fourth-order valence-corrected chi connectivity index (χ4v) is 2.28. The SMILES string of the molecule is COC(=O)c1ccsc1/N=C/c1cc([N+](=O)[O-])ccc1O. The number of phenolic OH excluding ortho intramolecular Hbond substituents is 1. The number of thiophene rings is 1. The van der Waals surface area contributed by atoms with E-state index in [1.54, 1.807) is 11.4 Å². The van der Waals surface area contributed by atoms with Gasteiger partial charge in [0.05, 0.1) is 17.6 Å². The van der Waals surface area contributed by atoms with Gasteiger partial charge in [-0.3, -0.25) is 10.1 Å². The van der Waals surface area contributed by atoms with E-state index in [-0.39, 0.29) is 17.0 Å². The van der Waals surface area contributed by atoms with Gasteiger partial charge >= 0.3 is 5.97 Å². The summed E-state index contributed by atoms with van der Waals surface area (Å²) in [7, 11) is 1.26. The zero-order valence-electron chi connectivity index (χ0n) is 10.8. The van der Waals surface area contributed by atoms with Gasteiger partial charge in [0.1, 0.15) is 10.8 Å². The van der Waals surface area contributed by atoms with Gasteiger partial charge in [0.25, 0.3) is 5.69 Å². The Morgan fingerprint density at radius 3 is 2.90 bits per heavy atom. The summed E-state index contributed by atoms with van der Waals surface area (Å²) in [5.41, 5.74) is 0.325. The molecule has 0 fully saturated rings. The van der Waals surface area contributed by atoms with Crippen LogP contribution in [0.5, 0.6) is 5.75 Å². The number of carbonyl (C=O) groups excluding carboxylic acids is 1. The van der Waals surface area contributed by atoms with E-state index in [2.05, 4.69) is 9.73 Å². The second-order valence-electron chi connectivity index (χ2n) is 3.89. The number of methoxy groups -OCH3 is 1. The van der Waals surface area contributed by atoms with Gasteiger partial charge in [0.2, 0.25) is 0 Å². The van der Waals surface area contributed by atoms with E-state index < -0.39 is 10.9 Å². The Kier molecular flexibility index (Phi) is 4.29. The zero-order chi connectivity index (χ0) is 15.4. The summed E-state index contributed by atoms with van der Waals surface area (Å²) >= 11 is 1.21. The molecule has 2 rings (SSSR count). The molecule has 0 atom stereocenters. The van der Waals surface area contributed by atoms with Crippen molar-refractivity contribution in [2.75, 3.05) is 7.11 Å². The number of hydrogen-bond acceptors (Lipinski definition) is 7. The molecule has 1 heterocycles. The quantitative estimate of drug-likeness (QED) is 0.405. The van der Waals surface area contributed by atoms with Crippen LogP contribution < -0.4 is 0 Å². The molecule has 108 valence electrons. The number of carbonyl (C=O) groups is 1. The summed E-state index contributed by atoms with van der Waals surface area (Å²) in [6.45, 7) is 0. The van der Waals surface area contributed by atoms with Crippen LogP contribution in [0.15, 0.2) is 34.6 Å². The number of non-ortho nitro benzene ring substituents is 1. The van der Waals surface area contributed by atoms with Crippen molar-refractivity contribution in [1.82, 2.24) is 0 Å². The monoisotopic (exact) mass is 306 g/mol. The predicted octanol–water partition coefficient (Wildman–Crippen LogP) is 2.90. The number of aromatic hydroxyl groups is 1. The summed E-state index contributed by atoms with van der Waals surface area (Å²) in [5.74, 6) is -0.660. The maximum Gasteiger partial charge on any atom is 0.340 e. The number of phenols is 1. The fraction of sp³-hybridized carbons (Fsp3) is 0.0769. The van der Waals surface area contributed by atoms with E-state index in [0.717, 1.165) is 0 Å². The Labute approximate surface area is 123 Å². The van der Waals surface area contributed by atoms with Crippen LogP contribution in [-0.4, -0.2) is 29.3 Å². The highest BCUT2D eigenvalue weighted by molar-refractivity contribution is 7.14. The normalized spacial score (nSPS) is 10.7. The number of nitro groups is 1. The van der Waals surface area contributed by atoms with Gasteiger partial charge in [-0.05, 0) is 17.5 Å². The van der Waals surface area contributed by atoms with Gasteiger partial charge in [-0.15, -0.1) is 11.3 Å². The number of esters is 1. The molecule has 0 bridgehead atoms. The first-order valence-corrected chi connectivity index (χ1v) is 6.58. The van der Waals surface area contributed by atoms with Gasteiger partial charge in [0, 0.05) is 23.9 Å². The molecule has 8 heteroatoms. The topological polar surface area (TPSA) is 102 Å². The third kappa shape index (κ3) is 3.23. The lowest BCUT2D eigenvalue weighted by Crippen LogP contribution is -1.99. The maximum absolute atomic E-state index is 11.5. The molecule has 21 heavy (non-hydrogen) atoms. The largest absolute Gasteiger partial charge is 0.507 e. The molecular formula is C13H10N2O5S. The number of hydrogen-bond donors (Lipinski definition) is 1. The Bertz CT molecular complexity index is 723. The van der Waals surface area contributed by atoms with E-state index in [9.17, 15) is 20.0 Å². The summed E-state index contributed by atoms with van der Waals surface area (Å²) in [6, 6.07) is 5.17. The van der Waals surface area contributed by atoms with E-state index in [1.165, 1.54) is 42.9 Å². The lowest BCUT2D eigenvalue weighted by atomic mass is 10.2. The number of ether oxygens (including phenoxy) is 1. The molecule has 0 amide bonds. The van der Waals surface area contributed by atoms with Crippen molar-refractivity contribution < 1.29 is 19.6 Å². The van der Waals surface area contributed by atoms with E-state index in [4.69, 9.17) is 0 Å². The molecule has 1 aromatic carbocycles. The van der Waals surface area contributed by atoms with Crippen LogP contribution in [0.2, 0.25) is 0 Å². The lowest BCUT2D eigenvalue weighted by Gasteiger charge is -1.99. The first-order valence-electron chi connectivity index (χ1n) is 5.70. The smallest absolute Gasteiger partial charge is 0.340 e. The second kappa shape index (κ2) is 6.14. The molecule has 0 aliphatic carbocycles. The van der Waals surface area contributed by atoms with Crippen LogP contribution in [0, 0.1) is 10.1 Å². The Balaban J connectivity index is 2.34. The third-order valence-electron chi connectivity index (χ3n) is 2.59. The van der Waals surface area contributed by atoms with Crippen LogP contribution in [0.3, 0.4) is 0 Å². The zero-order valence-corrected chi connectivity index (χ0v) is 11.7. The number of rotatable bonds is 4. The predicted molar refractivity (Wildman–Crippen MR) is 77.7 cm³/mol. The van der Waals surface area contributed by atoms with Crippen molar-refractivity contribution in [1.29, 1.82) is 0 Å². The molecule has 0 saturated heterocycles. The Morgan fingerprint density at radius 2 is 2.24 bits per heavy atom. The fourth-order valence-electron chi connectivity index (χ4n) is 1.55. The molecule has 0 unspecified atom stereocenters. The minimum absolute atomic E-state index is 0.138. The van der Waals surface area contributed by atoms with E-state index in [0.29, 0.717) is 10.6 Å². The van der Waals surface area contributed by atoms with E-state index in [1.807, 2.05) is 0 Å². The van der Waals surface area contributed by atoms with Gasteiger partial charge < -0.3 is 9.84 Å². The highest BCUT2D eigenvalue weighted by atomic mass is 32.1. The van der Waals surface area contributed by atoms with Crippen molar-refractivity contribution in [3.05, 3.63) is 50.9 Å². The van der Waals surface area contributed by atoms with Crippen LogP contribution in [0.25, 0.3) is 0 Å². The van der Waals surface area contributed by atoms with Crippen molar-refractivity contribution in [2.45, 2.75) is 0 Å². The average Bonchev–Trinajstić information content (AvgIpc) is 2.93. The Morgan fingerprint density at radius 1 is 1.48 bits per heavy atom. The van der Waals surface area contributed by atoms with Crippen molar-refractivity contribution in [3.8, 4) is 5.75 Å². The van der Waals surface area contributed by atoms with Crippen LogP contribution in [0.1, 0.15) is 15.9 Å². The van der Waals surface area contributed by atoms with Crippen molar-refractivity contribution in [2.24, 2.45) is 4.99 Å². The molecule has 7 nitrogen and oxygen atoms in total. The molecule has 0 radical (unpaired) electrons. The number of nitrogens with zero attached hydrogens (tertiary/aromatic N) is 2. The third-order valence-corrected chi connectivity index (χ3v) is 3.41. The number of benzene rings is 1. The van der Waals surface area contributed by atoms with Crippen molar-refractivity contribution >= 4 is 34.2 Å². The van der Waals surface area contributed by atoms with E-state index >= 15 is 0 Å². The molecule has 0 aliphatic rings. The number of nitro benzene ring substituents is 1. The second-order valence-corrected chi connectivity index (χ2v) is 4.78. The van der Waals surface area contributed by atoms with Crippen LogP contribution >= 0.6 is 11.3 Å². The summed E-state index contributed by atoms with van der Waals surface area (Å²) in [4.78, 5) is 25.7. The summed E-state index contributed by atoms with van der Waals surface area (Å²) in [5, 5.41) is 22.4. The molecule has 1 N–H and O–H groups in total. The molecule has 0 aliphatic heterocycles. The molecule has 1 aromatic heterocycles. The van der Waals surface area contributed by atoms with Gasteiger partial charge in [-0.1, -0.05) is 0 Å². The van der Waals surface area contributed by atoms with Gasteiger partial charge in [-0.25, -0.2) is 9.79 Å². The number of aliphatic imine (C=N–C) groups is 1. The lowest BCUT2D eigenvalue weighted by molar-refractivity contribution is -0.384. The molecule has 0 saturated carbocycles.